The third kappa shape index (κ3) is 4.37. The van der Waals surface area contributed by atoms with Gasteiger partial charge in [-0.2, -0.15) is 0 Å². The van der Waals surface area contributed by atoms with Gasteiger partial charge in [-0.15, -0.1) is 0 Å². The first kappa shape index (κ1) is 17.4. The number of amidine groups is 1. The Morgan fingerprint density at radius 2 is 1.68 bits per heavy atom. The van der Waals surface area contributed by atoms with Gasteiger partial charge in [-0.25, -0.2) is 9.38 Å². The second-order valence-corrected chi connectivity index (χ2v) is 7.85. The molecule has 1 aliphatic heterocycles. The average Bonchev–Trinajstić information content (AvgIpc) is 2.88. The highest BCUT2D eigenvalue weighted by Gasteiger charge is 2.23. The van der Waals surface area contributed by atoms with Crippen molar-refractivity contribution < 1.29 is 9.18 Å². The van der Waals surface area contributed by atoms with E-state index in [9.17, 15) is 9.18 Å². The smallest absolute Gasteiger partial charge is 0.289 e. The standard InChI is InChI=1S/C20H19FN2OS/c1-20(2,3)14-6-4-13(5-7-14)12-17-18(23-19(24)25-17)22-16-10-8-15(21)9-11-16/h4-12H,1-3H3,(H,22,23,24)/b17-12-. The molecule has 2 aromatic carbocycles. The Hall–Kier alpha value is -2.40. The molecule has 0 unspecified atom stereocenters. The quantitative estimate of drug-likeness (QED) is 0.757. The van der Waals surface area contributed by atoms with E-state index >= 15 is 0 Å². The van der Waals surface area contributed by atoms with Gasteiger partial charge in [0.05, 0.1) is 10.6 Å². The van der Waals surface area contributed by atoms with Crippen molar-refractivity contribution in [2.24, 2.45) is 4.99 Å². The van der Waals surface area contributed by atoms with E-state index in [0.717, 1.165) is 22.2 Å². The van der Waals surface area contributed by atoms with Crippen molar-refractivity contribution in [2.45, 2.75) is 26.2 Å². The molecule has 1 fully saturated rings. The van der Waals surface area contributed by atoms with E-state index in [1.54, 1.807) is 12.1 Å². The van der Waals surface area contributed by atoms with Crippen molar-refractivity contribution >= 4 is 34.6 Å². The van der Waals surface area contributed by atoms with E-state index in [0.29, 0.717) is 11.5 Å². The number of benzene rings is 2. The summed E-state index contributed by atoms with van der Waals surface area (Å²) in [5.41, 5.74) is 2.94. The number of nitrogens with one attached hydrogen (secondary N) is 1. The molecular weight excluding hydrogens is 335 g/mol. The molecule has 128 valence electrons. The minimum atomic E-state index is -0.316. The highest BCUT2D eigenvalue weighted by Crippen LogP contribution is 2.29. The Labute approximate surface area is 151 Å². The average molecular weight is 354 g/mol. The number of aliphatic imine (C=N–C) groups is 1. The molecule has 2 aromatic rings. The van der Waals surface area contributed by atoms with Gasteiger partial charge in [0.2, 0.25) is 0 Å². The summed E-state index contributed by atoms with van der Waals surface area (Å²) in [6.07, 6.45) is 1.93. The second-order valence-electron chi connectivity index (χ2n) is 6.83. The summed E-state index contributed by atoms with van der Waals surface area (Å²) in [5, 5.41) is 2.57. The summed E-state index contributed by atoms with van der Waals surface area (Å²) < 4.78 is 13.0. The fourth-order valence-electron chi connectivity index (χ4n) is 2.39. The van der Waals surface area contributed by atoms with Crippen LogP contribution in [0.3, 0.4) is 0 Å². The summed E-state index contributed by atoms with van der Waals surface area (Å²) in [4.78, 5) is 16.9. The monoisotopic (exact) mass is 354 g/mol. The number of thioether (sulfide) groups is 1. The zero-order chi connectivity index (χ0) is 18.0. The van der Waals surface area contributed by atoms with Gasteiger partial charge in [0.1, 0.15) is 11.7 Å². The van der Waals surface area contributed by atoms with Crippen LogP contribution < -0.4 is 5.32 Å². The largest absolute Gasteiger partial charge is 0.300 e. The molecule has 3 rings (SSSR count). The van der Waals surface area contributed by atoms with Crippen molar-refractivity contribution in [3.8, 4) is 0 Å². The van der Waals surface area contributed by atoms with Crippen LogP contribution in [0.5, 0.6) is 0 Å². The molecule has 0 aromatic heterocycles. The number of rotatable bonds is 2. The zero-order valence-corrected chi connectivity index (χ0v) is 15.2. The summed E-state index contributed by atoms with van der Waals surface area (Å²) in [7, 11) is 0. The van der Waals surface area contributed by atoms with Crippen LogP contribution >= 0.6 is 11.8 Å². The topological polar surface area (TPSA) is 41.5 Å². The Balaban J connectivity index is 1.89. The fourth-order valence-corrected chi connectivity index (χ4v) is 3.12. The molecule has 1 N–H and O–H groups in total. The SMILES string of the molecule is CC(C)(C)c1ccc(/C=C2\SC(=O)NC2=Nc2ccc(F)cc2)cc1. The molecule has 0 bridgehead atoms. The first-order chi connectivity index (χ1) is 11.8. The number of carbonyl (C=O) groups is 1. The third-order valence-electron chi connectivity index (χ3n) is 3.80. The molecule has 1 amide bonds. The Morgan fingerprint density at radius 1 is 1.04 bits per heavy atom. The molecule has 1 aliphatic rings. The van der Waals surface area contributed by atoms with Gasteiger partial charge in [-0.05, 0) is 58.6 Å². The first-order valence-corrected chi connectivity index (χ1v) is 8.79. The molecule has 1 saturated heterocycles. The summed E-state index contributed by atoms with van der Waals surface area (Å²) >= 11 is 1.11. The van der Waals surface area contributed by atoms with E-state index in [1.165, 1.54) is 17.7 Å². The fraction of sp³-hybridized carbons (Fsp3) is 0.200. The van der Waals surface area contributed by atoms with Crippen LogP contribution in [0.2, 0.25) is 0 Å². The van der Waals surface area contributed by atoms with Crippen LogP contribution in [0.1, 0.15) is 31.9 Å². The first-order valence-electron chi connectivity index (χ1n) is 7.97. The normalized spacial score (nSPS) is 18.0. The minimum Gasteiger partial charge on any atom is -0.300 e. The lowest BCUT2D eigenvalue weighted by Gasteiger charge is -2.18. The lowest BCUT2D eigenvalue weighted by molar-refractivity contribution is 0.265. The van der Waals surface area contributed by atoms with Crippen LogP contribution in [-0.2, 0) is 5.41 Å². The van der Waals surface area contributed by atoms with E-state index in [4.69, 9.17) is 0 Å². The summed E-state index contributed by atoms with van der Waals surface area (Å²) in [6, 6.07) is 14.1. The highest BCUT2D eigenvalue weighted by atomic mass is 32.2. The molecule has 3 nitrogen and oxygen atoms in total. The molecule has 0 aliphatic carbocycles. The van der Waals surface area contributed by atoms with E-state index < -0.39 is 0 Å². The van der Waals surface area contributed by atoms with Crippen molar-refractivity contribution in [1.82, 2.24) is 5.32 Å². The number of hydrogen-bond donors (Lipinski definition) is 1. The summed E-state index contributed by atoms with van der Waals surface area (Å²) in [6.45, 7) is 6.51. The zero-order valence-electron chi connectivity index (χ0n) is 14.3. The van der Waals surface area contributed by atoms with E-state index in [-0.39, 0.29) is 16.5 Å². The maximum Gasteiger partial charge on any atom is 0.289 e. The van der Waals surface area contributed by atoms with Gasteiger partial charge in [0.25, 0.3) is 5.24 Å². The number of amides is 1. The Kier molecular flexibility index (Phi) is 4.77. The van der Waals surface area contributed by atoms with Gasteiger partial charge in [0.15, 0.2) is 0 Å². The predicted molar refractivity (Wildman–Crippen MR) is 103 cm³/mol. The Morgan fingerprint density at radius 3 is 2.28 bits per heavy atom. The van der Waals surface area contributed by atoms with Gasteiger partial charge >= 0.3 is 0 Å². The van der Waals surface area contributed by atoms with Crippen molar-refractivity contribution in [2.75, 3.05) is 0 Å². The number of hydrogen-bond acceptors (Lipinski definition) is 3. The molecule has 25 heavy (non-hydrogen) atoms. The maximum atomic E-state index is 13.0. The van der Waals surface area contributed by atoms with Crippen LogP contribution in [0.15, 0.2) is 58.4 Å². The molecular formula is C20H19FN2OS. The molecule has 0 atom stereocenters. The van der Waals surface area contributed by atoms with Gasteiger partial charge in [-0.1, -0.05) is 45.0 Å². The molecule has 5 heteroatoms. The molecule has 1 heterocycles. The van der Waals surface area contributed by atoms with Crippen LogP contribution in [0, 0.1) is 5.82 Å². The van der Waals surface area contributed by atoms with Gasteiger partial charge in [0, 0.05) is 0 Å². The Bertz CT molecular complexity index is 847. The lowest BCUT2D eigenvalue weighted by Crippen LogP contribution is -2.18. The van der Waals surface area contributed by atoms with Crippen LogP contribution in [0.25, 0.3) is 6.08 Å². The van der Waals surface area contributed by atoms with E-state index in [1.807, 2.05) is 18.2 Å². The molecule has 0 spiro atoms. The highest BCUT2D eigenvalue weighted by molar-refractivity contribution is 8.18. The predicted octanol–water partition coefficient (Wildman–Crippen LogP) is 5.65. The van der Waals surface area contributed by atoms with Crippen LogP contribution in [0.4, 0.5) is 14.9 Å². The third-order valence-corrected chi connectivity index (χ3v) is 4.62. The number of carbonyl (C=O) groups excluding carboxylic acids is 1. The van der Waals surface area contributed by atoms with E-state index in [2.05, 4.69) is 43.2 Å². The minimum absolute atomic E-state index is 0.0977. The van der Waals surface area contributed by atoms with Crippen molar-refractivity contribution in [1.29, 1.82) is 0 Å². The number of nitrogens with zero attached hydrogens (tertiary/aromatic N) is 1. The van der Waals surface area contributed by atoms with Gasteiger partial charge in [-0.3, -0.25) is 4.79 Å². The summed E-state index contributed by atoms with van der Waals surface area (Å²) in [5.74, 6) is 0.171. The second kappa shape index (κ2) is 6.84. The van der Waals surface area contributed by atoms with Gasteiger partial charge < -0.3 is 5.32 Å². The van der Waals surface area contributed by atoms with Crippen LogP contribution in [-0.4, -0.2) is 11.1 Å². The van der Waals surface area contributed by atoms with Crippen molar-refractivity contribution in [3.63, 3.8) is 0 Å². The van der Waals surface area contributed by atoms with Crippen molar-refractivity contribution in [3.05, 3.63) is 70.4 Å². The maximum absolute atomic E-state index is 13.0. The molecule has 0 radical (unpaired) electrons. The lowest BCUT2D eigenvalue weighted by atomic mass is 9.87. The molecule has 0 saturated carbocycles. The number of halogens is 1.